The molecule has 3 nitrogen and oxygen atoms in total. The summed E-state index contributed by atoms with van der Waals surface area (Å²) in [6.45, 7) is 6.25. The van der Waals surface area contributed by atoms with Crippen LogP contribution in [0.1, 0.15) is 12.8 Å². The van der Waals surface area contributed by atoms with Crippen LogP contribution in [0.4, 0.5) is 0 Å². The van der Waals surface area contributed by atoms with Crippen LogP contribution in [0.15, 0.2) is 0 Å². The lowest BCUT2D eigenvalue weighted by molar-refractivity contribution is -0.0145. The van der Waals surface area contributed by atoms with E-state index in [2.05, 4.69) is 35.8 Å². The van der Waals surface area contributed by atoms with Crippen molar-refractivity contribution in [3.05, 3.63) is 0 Å². The number of likely N-dealkylation sites (tertiary alicyclic amines) is 1. The highest BCUT2D eigenvalue weighted by Gasteiger charge is 2.40. The van der Waals surface area contributed by atoms with Gasteiger partial charge in [-0.05, 0) is 47.1 Å². The molecule has 0 amide bonds. The van der Waals surface area contributed by atoms with Crippen LogP contribution >= 0.6 is 0 Å². The molecule has 0 bridgehead atoms. The number of likely N-dealkylation sites (N-methyl/N-ethyl adjacent to an activating group) is 2. The van der Waals surface area contributed by atoms with Crippen molar-refractivity contribution in [1.82, 2.24) is 14.7 Å². The SMILES string of the molecule is CN1CCC2(CC1)CN(C)CCN2C. The first-order chi connectivity index (χ1) is 6.62. The lowest BCUT2D eigenvalue weighted by Gasteiger charge is -2.52. The zero-order valence-corrected chi connectivity index (χ0v) is 9.79. The maximum absolute atomic E-state index is 2.60. The van der Waals surface area contributed by atoms with Crippen LogP contribution in [-0.2, 0) is 0 Å². The van der Waals surface area contributed by atoms with Gasteiger partial charge >= 0.3 is 0 Å². The number of nitrogens with zero attached hydrogens (tertiary/aromatic N) is 3. The molecule has 82 valence electrons. The zero-order chi connectivity index (χ0) is 10.2. The van der Waals surface area contributed by atoms with Gasteiger partial charge in [-0.1, -0.05) is 0 Å². The largest absolute Gasteiger partial charge is 0.306 e. The molecule has 3 heteroatoms. The lowest BCUT2D eigenvalue weighted by atomic mass is 9.84. The smallest absolute Gasteiger partial charge is 0.0358 e. The Morgan fingerprint density at radius 1 is 0.786 bits per heavy atom. The summed E-state index contributed by atoms with van der Waals surface area (Å²) in [5.41, 5.74) is 0.486. The summed E-state index contributed by atoms with van der Waals surface area (Å²) in [7, 11) is 6.80. The summed E-state index contributed by atoms with van der Waals surface area (Å²) in [5.74, 6) is 0. The minimum atomic E-state index is 0.486. The van der Waals surface area contributed by atoms with Crippen molar-refractivity contribution in [3.63, 3.8) is 0 Å². The molecule has 2 aliphatic heterocycles. The van der Waals surface area contributed by atoms with Crippen LogP contribution in [-0.4, -0.2) is 74.1 Å². The highest BCUT2D eigenvalue weighted by atomic mass is 15.3. The average molecular weight is 197 g/mol. The van der Waals surface area contributed by atoms with Gasteiger partial charge in [0.25, 0.3) is 0 Å². The zero-order valence-electron chi connectivity index (χ0n) is 9.79. The third-order valence-corrected chi connectivity index (χ3v) is 4.11. The third kappa shape index (κ3) is 1.81. The van der Waals surface area contributed by atoms with Gasteiger partial charge in [0.05, 0.1) is 0 Å². The Labute approximate surface area is 87.7 Å². The van der Waals surface area contributed by atoms with Crippen molar-refractivity contribution in [2.45, 2.75) is 18.4 Å². The summed E-state index contributed by atoms with van der Waals surface area (Å²) in [4.78, 5) is 7.54. The first kappa shape index (κ1) is 10.4. The quantitative estimate of drug-likeness (QED) is 0.554. The third-order valence-electron chi connectivity index (χ3n) is 4.11. The van der Waals surface area contributed by atoms with E-state index >= 15 is 0 Å². The Balaban J connectivity index is 2.05. The highest BCUT2D eigenvalue weighted by Crippen LogP contribution is 2.30. The van der Waals surface area contributed by atoms with E-state index in [4.69, 9.17) is 0 Å². The molecule has 0 N–H and O–H groups in total. The van der Waals surface area contributed by atoms with Crippen molar-refractivity contribution in [2.75, 3.05) is 53.9 Å². The predicted molar refractivity (Wildman–Crippen MR) is 59.6 cm³/mol. The molecule has 2 aliphatic rings. The summed E-state index contributed by atoms with van der Waals surface area (Å²) in [6.07, 6.45) is 2.68. The fourth-order valence-corrected chi connectivity index (χ4v) is 2.83. The van der Waals surface area contributed by atoms with Crippen molar-refractivity contribution in [2.24, 2.45) is 0 Å². The second-order valence-electron chi connectivity index (χ2n) is 5.19. The first-order valence-electron chi connectivity index (χ1n) is 5.71. The van der Waals surface area contributed by atoms with Crippen molar-refractivity contribution < 1.29 is 0 Å². The monoisotopic (exact) mass is 197 g/mol. The van der Waals surface area contributed by atoms with Gasteiger partial charge in [-0.25, -0.2) is 0 Å². The van der Waals surface area contributed by atoms with E-state index in [-0.39, 0.29) is 0 Å². The molecule has 2 rings (SSSR count). The molecule has 0 saturated carbocycles. The molecule has 14 heavy (non-hydrogen) atoms. The van der Waals surface area contributed by atoms with Gasteiger partial charge in [0, 0.05) is 25.2 Å². The van der Waals surface area contributed by atoms with Gasteiger partial charge in [-0.3, -0.25) is 4.90 Å². The van der Waals surface area contributed by atoms with E-state index in [0.717, 1.165) is 0 Å². The first-order valence-corrected chi connectivity index (χ1v) is 5.71. The number of rotatable bonds is 0. The second-order valence-corrected chi connectivity index (χ2v) is 5.19. The van der Waals surface area contributed by atoms with Crippen LogP contribution in [0.5, 0.6) is 0 Å². The van der Waals surface area contributed by atoms with Gasteiger partial charge in [-0.15, -0.1) is 0 Å². The normalized spacial score (nSPS) is 31.1. The molecule has 0 aromatic heterocycles. The van der Waals surface area contributed by atoms with E-state index in [1.54, 1.807) is 0 Å². The van der Waals surface area contributed by atoms with Gasteiger partial charge in [0.2, 0.25) is 0 Å². The molecule has 0 unspecified atom stereocenters. The van der Waals surface area contributed by atoms with E-state index in [0.29, 0.717) is 5.54 Å². The summed E-state index contributed by atoms with van der Waals surface area (Å²) in [6, 6.07) is 0. The number of hydrogen-bond donors (Lipinski definition) is 0. The molecule has 2 saturated heterocycles. The van der Waals surface area contributed by atoms with E-state index in [9.17, 15) is 0 Å². The Bertz CT molecular complexity index is 197. The molecule has 0 aromatic carbocycles. The van der Waals surface area contributed by atoms with Crippen LogP contribution in [0.2, 0.25) is 0 Å². The summed E-state index contributed by atoms with van der Waals surface area (Å²) >= 11 is 0. The topological polar surface area (TPSA) is 9.72 Å². The fraction of sp³-hybridized carbons (Fsp3) is 1.00. The van der Waals surface area contributed by atoms with Crippen molar-refractivity contribution in [3.8, 4) is 0 Å². The molecule has 0 radical (unpaired) electrons. The van der Waals surface area contributed by atoms with Crippen molar-refractivity contribution in [1.29, 1.82) is 0 Å². The molecule has 2 heterocycles. The molecular weight excluding hydrogens is 174 g/mol. The van der Waals surface area contributed by atoms with Crippen molar-refractivity contribution >= 4 is 0 Å². The van der Waals surface area contributed by atoms with Gasteiger partial charge in [-0.2, -0.15) is 0 Å². The molecule has 0 atom stereocenters. The maximum Gasteiger partial charge on any atom is 0.0358 e. The second kappa shape index (κ2) is 3.80. The number of piperazine rings is 1. The highest BCUT2D eigenvalue weighted by molar-refractivity contribution is 4.98. The summed E-state index contributed by atoms with van der Waals surface area (Å²) in [5, 5.41) is 0. The Hall–Kier alpha value is -0.120. The molecule has 1 spiro atoms. The number of hydrogen-bond acceptors (Lipinski definition) is 3. The predicted octanol–water partition coefficient (Wildman–Crippen LogP) is 0.328. The Morgan fingerprint density at radius 3 is 2.07 bits per heavy atom. The average Bonchev–Trinajstić information content (AvgIpc) is 2.17. The lowest BCUT2D eigenvalue weighted by Crippen LogP contribution is -2.63. The molecule has 2 fully saturated rings. The van der Waals surface area contributed by atoms with E-state index in [1.807, 2.05) is 0 Å². The minimum Gasteiger partial charge on any atom is -0.306 e. The van der Waals surface area contributed by atoms with Crippen LogP contribution < -0.4 is 0 Å². The van der Waals surface area contributed by atoms with Crippen LogP contribution in [0, 0.1) is 0 Å². The fourth-order valence-electron chi connectivity index (χ4n) is 2.83. The van der Waals surface area contributed by atoms with Gasteiger partial charge in [0.1, 0.15) is 0 Å². The van der Waals surface area contributed by atoms with Crippen LogP contribution in [0.3, 0.4) is 0 Å². The standard InChI is InChI=1S/C11H23N3/c1-12-6-4-11(5-7-12)10-13(2)8-9-14(11)3/h4-10H2,1-3H3. The van der Waals surface area contributed by atoms with E-state index < -0.39 is 0 Å². The molecule has 0 aromatic rings. The Morgan fingerprint density at radius 2 is 1.43 bits per heavy atom. The van der Waals surface area contributed by atoms with Gasteiger partial charge < -0.3 is 9.80 Å². The van der Waals surface area contributed by atoms with E-state index in [1.165, 1.54) is 45.6 Å². The van der Waals surface area contributed by atoms with Crippen LogP contribution in [0.25, 0.3) is 0 Å². The van der Waals surface area contributed by atoms with Gasteiger partial charge in [0.15, 0.2) is 0 Å². The minimum absolute atomic E-state index is 0.486. The summed E-state index contributed by atoms with van der Waals surface area (Å²) < 4.78 is 0. The number of piperidine rings is 1. The molecule has 0 aliphatic carbocycles. The maximum atomic E-state index is 2.60. The Kier molecular flexibility index (Phi) is 2.82. The molecular formula is C11H23N3.